The molecule has 0 bridgehead atoms. The second-order valence-corrected chi connectivity index (χ2v) is 21.0. The van der Waals surface area contributed by atoms with Crippen molar-refractivity contribution in [3.63, 3.8) is 0 Å². The molecular formula is C19H45NO5Si3. The zero-order valence-electron chi connectivity index (χ0n) is 19.9. The summed E-state index contributed by atoms with van der Waals surface area (Å²) in [4.78, 5) is 12.7. The van der Waals surface area contributed by atoms with E-state index in [-0.39, 0.29) is 5.97 Å². The van der Waals surface area contributed by atoms with Crippen molar-refractivity contribution in [1.82, 2.24) is 4.57 Å². The van der Waals surface area contributed by atoms with Crippen molar-refractivity contribution in [2.75, 3.05) is 33.9 Å². The lowest BCUT2D eigenvalue weighted by Gasteiger charge is -2.36. The van der Waals surface area contributed by atoms with Gasteiger partial charge in [-0.3, -0.25) is 4.79 Å². The van der Waals surface area contributed by atoms with Crippen LogP contribution in [0.5, 0.6) is 0 Å². The van der Waals surface area contributed by atoms with Gasteiger partial charge in [-0.05, 0) is 37.5 Å². The maximum Gasteiger partial charge on any atom is 0.500 e. The molecule has 0 aliphatic heterocycles. The van der Waals surface area contributed by atoms with Crippen LogP contribution in [0.25, 0.3) is 0 Å². The van der Waals surface area contributed by atoms with Crippen LogP contribution in [-0.4, -0.2) is 69.8 Å². The Balaban J connectivity index is 4.95. The van der Waals surface area contributed by atoms with Gasteiger partial charge in [-0.15, -0.1) is 0 Å². The fraction of sp³-hybridized carbons (Fsp3) is 0.947. The molecule has 0 heterocycles. The van der Waals surface area contributed by atoms with Crippen LogP contribution >= 0.6 is 0 Å². The molecule has 0 spiro atoms. The van der Waals surface area contributed by atoms with E-state index in [0.717, 1.165) is 43.6 Å². The molecule has 0 aliphatic rings. The van der Waals surface area contributed by atoms with Gasteiger partial charge in [0, 0.05) is 26.9 Å². The lowest BCUT2D eigenvalue weighted by Crippen LogP contribution is -2.52. The first-order chi connectivity index (χ1) is 13.1. The van der Waals surface area contributed by atoms with E-state index in [2.05, 4.69) is 51.9 Å². The third kappa shape index (κ3) is 9.19. The van der Waals surface area contributed by atoms with Gasteiger partial charge in [0.05, 0.1) is 6.54 Å². The fourth-order valence-electron chi connectivity index (χ4n) is 3.27. The minimum absolute atomic E-state index is 0.0520. The number of hydrogen-bond acceptors (Lipinski definition) is 6. The van der Waals surface area contributed by atoms with Gasteiger partial charge in [-0.2, -0.15) is 0 Å². The topological polar surface area (TPSA) is 57.2 Å². The van der Waals surface area contributed by atoms with Crippen LogP contribution in [-0.2, 0) is 22.5 Å². The Labute approximate surface area is 176 Å². The van der Waals surface area contributed by atoms with Crippen molar-refractivity contribution in [3.05, 3.63) is 0 Å². The van der Waals surface area contributed by atoms with Crippen molar-refractivity contribution < 1.29 is 22.5 Å². The van der Waals surface area contributed by atoms with Gasteiger partial charge in [0.25, 0.3) is 8.32 Å². The standard InChI is InChI=1S/C19H45NO5Si3/c1-10-16-24-28(22-5,23-6)17-14-15-20(26(7,8)9)18-19(21)25-27(11-2,12-3)13-4/h10-18H2,1-9H3. The quantitative estimate of drug-likeness (QED) is 0.316. The summed E-state index contributed by atoms with van der Waals surface area (Å²) in [6.07, 6.45) is 1.82. The van der Waals surface area contributed by atoms with E-state index >= 15 is 0 Å². The van der Waals surface area contributed by atoms with Gasteiger partial charge in [0.1, 0.15) is 8.24 Å². The first-order valence-corrected chi connectivity index (χ1v) is 18.7. The molecule has 0 aromatic heterocycles. The molecule has 0 unspecified atom stereocenters. The number of rotatable bonds is 16. The zero-order chi connectivity index (χ0) is 21.8. The molecule has 9 heteroatoms. The first-order valence-electron chi connectivity index (χ1n) is 10.8. The Morgan fingerprint density at radius 1 is 0.929 bits per heavy atom. The molecular weight excluding hydrogens is 406 g/mol. The van der Waals surface area contributed by atoms with Crippen molar-refractivity contribution in [1.29, 1.82) is 0 Å². The highest BCUT2D eigenvalue weighted by Gasteiger charge is 2.39. The molecule has 0 saturated carbocycles. The monoisotopic (exact) mass is 451 g/mol. The largest absolute Gasteiger partial charge is 0.518 e. The van der Waals surface area contributed by atoms with Crippen molar-refractivity contribution in [3.8, 4) is 0 Å². The van der Waals surface area contributed by atoms with Gasteiger partial charge in [0.15, 0.2) is 0 Å². The van der Waals surface area contributed by atoms with Gasteiger partial charge in [0.2, 0.25) is 0 Å². The molecule has 0 aromatic rings. The van der Waals surface area contributed by atoms with Crippen LogP contribution in [0.1, 0.15) is 40.5 Å². The summed E-state index contributed by atoms with van der Waals surface area (Å²) in [5.74, 6) is -0.0520. The molecule has 0 saturated heterocycles. The molecule has 0 fully saturated rings. The average molecular weight is 452 g/mol. The summed E-state index contributed by atoms with van der Waals surface area (Å²) in [5, 5.41) is 0. The van der Waals surface area contributed by atoms with Gasteiger partial charge >= 0.3 is 14.8 Å². The van der Waals surface area contributed by atoms with Crippen molar-refractivity contribution in [2.24, 2.45) is 0 Å². The molecule has 0 rings (SSSR count). The average Bonchev–Trinajstić information content (AvgIpc) is 2.67. The van der Waals surface area contributed by atoms with Crippen molar-refractivity contribution >= 4 is 31.3 Å². The molecule has 6 nitrogen and oxygen atoms in total. The Morgan fingerprint density at radius 2 is 1.46 bits per heavy atom. The Hall–Kier alpha value is -0.0394. The van der Waals surface area contributed by atoms with Crippen LogP contribution in [0.15, 0.2) is 0 Å². The molecule has 0 aromatic carbocycles. The van der Waals surface area contributed by atoms with Crippen LogP contribution in [0, 0.1) is 0 Å². The second-order valence-electron chi connectivity index (χ2n) is 8.35. The highest BCUT2D eigenvalue weighted by molar-refractivity contribution is 6.75. The third-order valence-electron chi connectivity index (χ3n) is 5.59. The van der Waals surface area contributed by atoms with Crippen LogP contribution in [0.3, 0.4) is 0 Å². The van der Waals surface area contributed by atoms with E-state index in [1.807, 2.05) is 0 Å². The van der Waals surface area contributed by atoms with Crippen LogP contribution in [0.2, 0.25) is 43.8 Å². The highest BCUT2D eigenvalue weighted by Crippen LogP contribution is 2.23. The van der Waals surface area contributed by atoms with Crippen LogP contribution < -0.4 is 0 Å². The predicted octanol–water partition coefficient (Wildman–Crippen LogP) is 4.72. The summed E-state index contributed by atoms with van der Waals surface area (Å²) in [5.41, 5.74) is 0. The summed E-state index contributed by atoms with van der Waals surface area (Å²) in [6.45, 7) is 17.2. The summed E-state index contributed by atoms with van der Waals surface area (Å²) in [6, 6.07) is 3.73. The molecule has 168 valence electrons. The Morgan fingerprint density at radius 3 is 1.86 bits per heavy atom. The zero-order valence-corrected chi connectivity index (χ0v) is 22.9. The summed E-state index contributed by atoms with van der Waals surface area (Å²) >= 11 is 0. The van der Waals surface area contributed by atoms with Gasteiger partial charge in [-0.25, -0.2) is 0 Å². The number of nitrogens with zero attached hydrogens (tertiary/aromatic N) is 1. The molecule has 0 amide bonds. The molecule has 0 radical (unpaired) electrons. The number of carbonyl (C=O) groups is 1. The predicted molar refractivity (Wildman–Crippen MR) is 124 cm³/mol. The normalized spacial score (nSPS) is 13.2. The van der Waals surface area contributed by atoms with E-state index in [4.69, 9.17) is 17.7 Å². The molecule has 0 atom stereocenters. The maximum absolute atomic E-state index is 12.7. The number of hydrogen-bond donors (Lipinski definition) is 0. The summed E-state index contributed by atoms with van der Waals surface area (Å²) < 4.78 is 25.6. The van der Waals surface area contributed by atoms with E-state index in [1.165, 1.54) is 0 Å². The minimum atomic E-state index is -2.61. The highest BCUT2D eigenvalue weighted by atomic mass is 28.4. The SMILES string of the molecule is CCCO[Si](CCCN(CC(=O)O[Si](CC)(CC)CC)[Si](C)(C)C)(OC)OC. The molecule has 0 aliphatic carbocycles. The third-order valence-corrected chi connectivity index (χ3v) is 15.3. The summed E-state index contributed by atoms with van der Waals surface area (Å²) in [7, 11) is -2.83. The second kappa shape index (κ2) is 13.3. The van der Waals surface area contributed by atoms with E-state index in [0.29, 0.717) is 13.2 Å². The minimum Gasteiger partial charge on any atom is -0.518 e. The van der Waals surface area contributed by atoms with E-state index < -0.39 is 25.4 Å². The maximum atomic E-state index is 12.7. The van der Waals surface area contributed by atoms with Crippen LogP contribution in [0.4, 0.5) is 0 Å². The van der Waals surface area contributed by atoms with E-state index in [9.17, 15) is 4.79 Å². The first kappa shape index (κ1) is 28.0. The Kier molecular flexibility index (Phi) is 13.3. The molecule has 28 heavy (non-hydrogen) atoms. The molecule has 0 N–H and O–H groups in total. The van der Waals surface area contributed by atoms with Gasteiger partial charge in [-0.1, -0.05) is 47.3 Å². The fourth-order valence-corrected chi connectivity index (χ4v) is 9.24. The Bertz CT molecular complexity index is 430. The van der Waals surface area contributed by atoms with Crippen molar-refractivity contribution in [2.45, 2.75) is 84.4 Å². The lowest BCUT2D eigenvalue weighted by atomic mass is 10.4. The van der Waals surface area contributed by atoms with E-state index in [1.54, 1.807) is 14.2 Å². The smallest absolute Gasteiger partial charge is 0.500 e. The number of carbonyl (C=O) groups excluding carboxylic acids is 1. The lowest BCUT2D eigenvalue weighted by molar-refractivity contribution is -0.135. The van der Waals surface area contributed by atoms with Gasteiger partial charge < -0.3 is 22.3 Å².